The quantitative estimate of drug-likeness (QED) is 0.604. The minimum atomic E-state index is 0.312. The van der Waals surface area contributed by atoms with Crippen LogP contribution < -0.4 is 0 Å². The van der Waals surface area contributed by atoms with Crippen molar-refractivity contribution in [2.75, 3.05) is 19.8 Å². The zero-order chi connectivity index (χ0) is 8.97. The summed E-state index contributed by atoms with van der Waals surface area (Å²) in [5.74, 6) is 0. The molecule has 0 radical (unpaired) electrons. The van der Waals surface area contributed by atoms with Gasteiger partial charge < -0.3 is 9.47 Å². The summed E-state index contributed by atoms with van der Waals surface area (Å²) in [4.78, 5) is 0. The fourth-order valence-electron chi connectivity index (χ4n) is 1.15. The van der Waals surface area contributed by atoms with Crippen LogP contribution in [0.25, 0.3) is 0 Å². The van der Waals surface area contributed by atoms with Crippen molar-refractivity contribution < 1.29 is 9.47 Å². The first-order valence-electron chi connectivity index (χ1n) is 4.57. The molecule has 0 aliphatic carbocycles. The molecule has 2 nitrogen and oxygen atoms in total. The molecule has 0 aromatic carbocycles. The highest BCUT2D eigenvalue weighted by atomic mass is 16.5. The van der Waals surface area contributed by atoms with E-state index in [1.807, 2.05) is 0 Å². The topological polar surface area (TPSA) is 18.5 Å². The Morgan fingerprint density at radius 1 is 1.50 bits per heavy atom. The van der Waals surface area contributed by atoms with Crippen molar-refractivity contribution in [1.82, 2.24) is 0 Å². The lowest BCUT2D eigenvalue weighted by molar-refractivity contribution is 0.0752. The molecule has 0 amide bonds. The van der Waals surface area contributed by atoms with E-state index in [-0.39, 0.29) is 0 Å². The molecule has 1 rings (SSSR count). The molecule has 0 spiro atoms. The summed E-state index contributed by atoms with van der Waals surface area (Å²) < 4.78 is 10.9. The van der Waals surface area contributed by atoms with Crippen LogP contribution >= 0.6 is 0 Å². The molecule has 0 aromatic heterocycles. The van der Waals surface area contributed by atoms with Crippen molar-refractivity contribution in [3.05, 3.63) is 11.1 Å². The van der Waals surface area contributed by atoms with E-state index in [4.69, 9.17) is 9.47 Å². The summed E-state index contributed by atoms with van der Waals surface area (Å²) in [6.07, 6.45) is 1.38. The van der Waals surface area contributed by atoms with Crippen LogP contribution in [0.4, 0.5) is 0 Å². The Balaban J connectivity index is 2.38. The van der Waals surface area contributed by atoms with E-state index >= 15 is 0 Å². The molecular formula is C10H18O2. The smallest absolute Gasteiger partial charge is 0.0704 e. The lowest BCUT2D eigenvalue weighted by atomic mass is 10.1. The summed E-state index contributed by atoms with van der Waals surface area (Å²) >= 11 is 0. The maximum absolute atomic E-state index is 5.51. The van der Waals surface area contributed by atoms with Gasteiger partial charge in [0.2, 0.25) is 0 Å². The van der Waals surface area contributed by atoms with Crippen molar-refractivity contribution in [2.24, 2.45) is 0 Å². The van der Waals surface area contributed by atoms with Gasteiger partial charge in [-0.3, -0.25) is 0 Å². The third-order valence-corrected chi connectivity index (χ3v) is 2.09. The predicted octanol–water partition coefficient (Wildman–Crippen LogP) is 2.15. The largest absolute Gasteiger partial charge is 0.377 e. The van der Waals surface area contributed by atoms with Gasteiger partial charge in [0, 0.05) is 0 Å². The molecule has 0 saturated carbocycles. The number of hydrogen-bond acceptors (Lipinski definition) is 2. The van der Waals surface area contributed by atoms with E-state index in [1.54, 1.807) is 0 Å². The van der Waals surface area contributed by atoms with E-state index in [2.05, 4.69) is 20.8 Å². The molecule has 0 aromatic rings. The second kappa shape index (κ2) is 4.63. The van der Waals surface area contributed by atoms with Gasteiger partial charge in [-0.1, -0.05) is 5.57 Å². The molecule has 0 fully saturated rings. The predicted molar refractivity (Wildman–Crippen MR) is 49.2 cm³/mol. The summed E-state index contributed by atoms with van der Waals surface area (Å²) in [6, 6.07) is 0. The number of hydrogen-bond donors (Lipinski definition) is 0. The van der Waals surface area contributed by atoms with Gasteiger partial charge in [0.15, 0.2) is 0 Å². The molecule has 12 heavy (non-hydrogen) atoms. The van der Waals surface area contributed by atoms with Crippen molar-refractivity contribution in [3.63, 3.8) is 0 Å². The summed E-state index contributed by atoms with van der Waals surface area (Å²) in [7, 11) is 0. The SMILES string of the molecule is CC1=C(COC(C)C)COCC1. The van der Waals surface area contributed by atoms with Gasteiger partial charge in [0.1, 0.15) is 0 Å². The zero-order valence-electron chi connectivity index (χ0n) is 8.22. The maximum Gasteiger partial charge on any atom is 0.0704 e. The second-order valence-corrected chi connectivity index (χ2v) is 3.55. The Morgan fingerprint density at radius 2 is 2.25 bits per heavy atom. The van der Waals surface area contributed by atoms with Crippen LogP contribution in [0.15, 0.2) is 11.1 Å². The average molecular weight is 170 g/mol. The van der Waals surface area contributed by atoms with Crippen LogP contribution in [0.5, 0.6) is 0 Å². The average Bonchev–Trinajstić information content (AvgIpc) is 2.03. The van der Waals surface area contributed by atoms with Gasteiger partial charge in [-0.2, -0.15) is 0 Å². The summed E-state index contributed by atoms with van der Waals surface area (Å²) in [5, 5.41) is 0. The molecule has 70 valence electrons. The van der Waals surface area contributed by atoms with Gasteiger partial charge in [0.25, 0.3) is 0 Å². The van der Waals surface area contributed by atoms with Crippen LogP contribution in [-0.4, -0.2) is 25.9 Å². The highest BCUT2D eigenvalue weighted by molar-refractivity contribution is 5.15. The molecule has 1 aliphatic heterocycles. The minimum Gasteiger partial charge on any atom is -0.377 e. The fraction of sp³-hybridized carbons (Fsp3) is 0.800. The number of rotatable bonds is 3. The first kappa shape index (κ1) is 9.75. The van der Waals surface area contributed by atoms with Crippen molar-refractivity contribution >= 4 is 0 Å². The third kappa shape index (κ3) is 2.95. The first-order chi connectivity index (χ1) is 5.70. The maximum atomic E-state index is 5.51. The van der Waals surface area contributed by atoms with Crippen LogP contribution in [-0.2, 0) is 9.47 Å². The third-order valence-electron chi connectivity index (χ3n) is 2.09. The molecule has 1 aliphatic rings. The van der Waals surface area contributed by atoms with Crippen LogP contribution in [0.2, 0.25) is 0 Å². The molecule has 2 heteroatoms. The molecule has 1 heterocycles. The standard InChI is InChI=1S/C10H18O2/c1-8(2)12-7-10-6-11-5-4-9(10)3/h8H,4-7H2,1-3H3. The lowest BCUT2D eigenvalue weighted by Crippen LogP contribution is -2.16. The van der Waals surface area contributed by atoms with Gasteiger partial charge in [-0.05, 0) is 32.8 Å². The Labute approximate surface area is 74.6 Å². The fourth-order valence-corrected chi connectivity index (χ4v) is 1.15. The van der Waals surface area contributed by atoms with Gasteiger partial charge in [0.05, 0.1) is 25.9 Å². The monoisotopic (exact) mass is 170 g/mol. The van der Waals surface area contributed by atoms with E-state index in [0.29, 0.717) is 6.10 Å². The van der Waals surface area contributed by atoms with Crippen LogP contribution in [0.1, 0.15) is 27.2 Å². The van der Waals surface area contributed by atoms with Gasteiger partial charge in [-0.25, -0.2) is 0 Å². The lowest BCUT2D eigenvalue weighted by Gasteiger charge is -2.19. The van der Waals surface area contributed by atoms with Gasteiger partial charge >= 0.3 is 0 Å². The van der Waals surface area contributed by atoms with Gasteiger partial charge in [-0.15, -0.1) is 0 Å². The van der Waals surface area contributed by atoms with E-state index in [1.165, 1.54) is 11.1 Å². The Hall–Kier alpha value is -0.340. The summed E-state index contributed by atoms with van der Waals surface area (Å²) in [5.41, 5.74) is 2.77. The number of ether oxygens (including phenoxy) is 2. The molecule has 0 N–H and O–H groups in total. The Kier molecular flexibility index (Phi) is 3.76. The summed E-state index contributed by atoms with van der Waals surface area (Å²) in [6.45, 7) is 8.65. The van der Waals surface area contributed by atoms with Crippen LogP contribution in [0.3, 0.4) is 0 Å². The zero-order valence-corrected chi connectivity index (χ0v) is 8.22. The Morgan fingerprint density at radius 3 is 2.83 bits per heavy atom. The van der Waals surface area contributed by atoms with E-state index in [0.717, 1.165) is 26.2 Å². The molecular weight excluding hydrogens is 152 g/mol. The second-order valence-electron chi connectivity index (χ2n) is 3.55. The molecule has 0 saturated heterocycles. The van der Waals surface area contributed by atoms with E-state index < -0.39 is 0 Å². The Bertz CT molecular complexity index is 171. The van der Waals surface area contributed by atoms with Crippen LogP contribution in [0, 0.1) is 0 Å². The minimum absolute atomic E-state index is 0.312. The van der Waals surface area contributed by atoms with Crippen molar-refractivity contribution in [2.45, 2.75) is 33.3 Å². The molecule has 0 unspecified atom stereocenters. The highest BCUT2D eigenvalue weighted by Gasteiger charge is 2.09. The van der Waals surface area contributed by atoms with Crippen molar-refractivity contribution in [1.29, 1.82) is 0 Å². The van der Waals surface area contributed by atoms with Crippen molar-refractivity contribution in [3.8, 4) is 0 Å². The van der Waals surface area contributed by atoms with E-state index in [9.17, 15) is 0 Å². The highest BCUT2D eigenvalue weighted by Crippen LogP contribution is 2.15. The molecule has 0 atom stereocenters. The normalized spacial score (nSPS) is 19.0. The molecule has 0 bridgehead atoms. The first-order valence-corrected chi connectivity index (χ1v) is 4.57.